The van der Waals surface area contributed by atoms with Crippen LogP contribution in [0, 0.1) is 0 Å². The maximum Gasteiger partial charge on any atom is 0.375 e. The van der Waals surface area contributed by atoms with E-state index in [1.165, 1.54) is 4.52 Å². The molecule has 7 heteroatoms. The molecule has 3 rings (SSSR count). The van der Waals surface area contributed by atoms with Crippen LogP contribution in [0.5, 0.6) is 0 Å². The Kier molecular flexibility index (Phi) is 2.38. The van der Waals surface area contributed by atoms with E-state index >= 15 is 0 Å². The highest BCUT2D eigenvalue weighted by Gasteiger charge is 2.14. The van der Waals surface area contributed by atoms with Crippen LogP contribution in [-0.4, -0.2) is 30.7 Å². The van der Waals surface area contributed by atoms with Gasteiger partial charge in [0.15, 0.2) is 0 Å². The minimum absolute atomic E-state index is 0.234. The van der Waals surface area contributed by atoms with E-state index in [0.717, 1.165) is 5.56 Å². The van der Waals surface area contributed by atoms with Crippen LogP contribution < -0.4 is 5.73 Å². The summed E-state index contributed by atoms with van der Waals surface area (Å²) in [4.78, 5) is 18.7. The molecule has 0 aliphatic rings. The number of benzene rings is 1. The van der Waals surface area contributed by atoms with Gasteiger partial charge in [-0.05, 0) is 18.2 Å². The summed E-state index contributed by atoms with van der Waals surface area (Å²) < 4.78 is 1.39. The van der Waals surface area contributed by atoms with E-state index in [0.29, 0.717) is 11.4 Å². The summed E-state index contributed by atoms with van der Waals surface area (Å²) in [6.07, 6.45) is 1.55. The van der Waals surface area contributed by atoms with Crippen LogP contribution in [0.15, 0.2) is 36.5 Å². The van der Waals surface area contributed by atoms with Gasteiger partial charge in [-0.15, -0.1) is 5.10 Å². The number of carboxylic acid groups (broad SMARTS) is 1. The molecule has 0 aliphatic heterocycles. The van der Waals surface area contributed by atoms with Crippen molar-refractivity contribution < 1.29 is 9.90 Å². The molecule has 0 saturated heterocycles. The molecule has 0 radical (unpaired) electrons. The average Bonchev–Trinajstić information content (AvgIpc) is 2.82. The van der Waals surface area contributed by atoms with E-state index in [4.69, 9.17) is 10.8 Å². The summed E-state index contributed by atoms with van der Waals surface area (Å²) in [7, 11) is 0. The monoisotopic (exact) mass is 255 g/mol. The fourth-order valence-corrected chi connectivity index (χ4v) is 1.80. The Labute approximate surface area is 107 Å². The molecule has 0 aliphatic carbocycles. The van der Waals surface area contributed by atoms with Crippen molar-refractivity contribution in [2.45, 2.75) is 0 Å². The third kappa shape index (κ3) is 1.86. The van der Waals surface area contributed by atoms with Gasteiger partial charge in [0.2, 0.25) is 0 Å². The summed E-state index contributed by atoms with van der Waals surface area (Å²) in [5.74, 6) is -1.25. The lowest BCUT2D eigenvalue weighted by molar-refractivity contribution is 0.0684. The zero-order chi connectivity index (χ0) is 13.4. The SMILES string of the molecule is Nc1cccc(-c2ccnc3nc(C(=O)O)nn23)c1. The van der Waals surface area contributed by atoms with Crippen molar-refractivity contribution in [3.63, 3.8) is 0 Å². The minimum Gasteiger partial charge on any atom is -0.475 e. The maximum absolute atomic E-state index is 10.9. The van der Waals surface area contributed by atoms with E-state index in [1.54, 1.807) is 24.4 Å². The maximum atomic E-state index is 10.9. The van der Waals surface area contributed by atoms with Gasteiger partial charge in [-0.1, -0.05) is 12.1 Å². The molecule has 2 heterocycles. The van der Waals surface area contributed by atoms with Gasteiger partial charge >= 0.3 is 5.97 Å². The standard InChI is InChI=1S/C12H9N5O2/c13-8-3-1-2-7(6-8)9-4-5-14-12-15-10(11(18)19)16-17(9)12/h1-6H,13H2,(H,18,19). The van der Waals surface area contributed by atoms with Crippen molar-refractivity contribution in [1.82, 2.24) is 19.6 Å². The number of rotatable bonds is 2. The number of hydrogen-bond donors (Lipinski definition) is 2. The Morgan fingerprint density at radius 2 is 2.16 bits per heavy atom. The third-order valence-corrected chi connectivity index (χ3v) is 2.61. The van der Waals surface area contributed by atoms with Crippen LogP contribution in [0.1, 0.15) is 10.6 Å². The first-order valence-corrected chi connectivity index (χ1v) is 5.46. The Bertz CT molecular complexity index is 781. The first kappa shape index (κ1) is 11.1. The number of hydrogen-bond acceptors (Lipinski definition) is 5. The quantitative estimate of drug-likeness (QED) is 0.663. The molecule has 3 N–H and O–H groups in total. The number of fused-ring (bicyclic) bond motifs is 1. The Morgan fingerprint density at radius 1 is 1.32 bits per heavy atom. The Balaban J connectivity index is 2.26. The lowest BCUT2D eigenvalue weighted by atomic mass is 10.1. The molecule has 2 aromatic heterocycles. The second-order valence-corrected chi connectivity index (χ2v) is 3.91. The van der Waals surface area contributed by atoms with Crippen LogP contribution >= 0.6 is 0 Å². The van der Waals surface area contributed by atoms with Gasteiger partial charge in [0.1, 0.15) is 0 Å². The topological polar surface area (TPSA) is 106 Å². The highest BCUT2D eigenvalue weighted by atomic mass is 16.4. The minimum atomic E-state index is -1.19. The van der Waals surface area contributed by atoms with Crippen molar-refractivity contribution in [2.75, 3.05) is 5.73 Å². The fourth-order valence-electron chi connectivity index (χ4n) is 1.80. The second-order valence-electron chi connectivity index (χ2n) is 3.91. The molecule has 0 amide bonds. The number of aromatic carboxylic acids is 1. The lowest BCUT2D eigenvalue weighted by Crippen LogP contribution is -2.00. The molecule has 3 aromatic rings. The van der Waals surface area contributed by atoms with Crippen molar-refractivity contribution in [2.24, 2.45) is 0 Å². The van der Waals surface area contributed by atoms with E-state index in [2.05, 4.69) is 15.1 Å². The summed E-state index contributed by atoms with van der Waals surface area (Å²) in [5, 5.41) is 12.8. The number of carboxylic acids is 1. The summed E-state index contributed by atoms with van der Waals surface area (Å²) in [5.41, 5.74) is 7.84. The molecule has 7 nitrogen and oxygen atoms in total. The molecule has 94 valence electrons. The predicted molar refractivity (Wildman–Crippen MR) is 67.6 cm³/mol. The van der Waals surface area contributed by atoms with Crippen LogP contribution in [0.2, 0.25) is 0 Å². The molecular weight excluding hydrogens is 246 g/mol. The van der Waals surface area contributed by atoms with Crippen molar-refractivity contribution in [1.29, 1.82) is 0 Å². The van der Waals surface area contributed by atoms with Gasteiger partial charge in [0.05, 0.1) is 5.69 Å². The zero-order valence-electron chi connectivity index (χ0n) is 9.69. The molecule has 0 unspecified atom stereocenters. The first-order chi connectivity index (χ1) is 9.15. The number of nitrogen functional groups attached to an aromatic ring is 1. The molecule has 0 fully saturated rings. The first-order valence-electron chi connectivity index (χ1n) is 5.46. The fraction of sp³-hybridized carbons (Fsp3) is 0. The van der Waals surface area contributed by atoms with Crippen LogP contribution in [0.25, 0.3) is 17.0 Å². The van der Waals surface area contributed by atoms with Crippen molar-refractivity contribution >= 4 is 17.4 Å². The van der Waals surface area contributed by atoms with E-state index in [1.807, 2.05) is 12.1 Å². The molecular formula is C12H9N5O2. The summed E-state index contributed by atoms with van der Waals surface area (Å²) in [6.45, 7) is 0. The van der Waals surface area contributed by atoms with Crippen molar-refractivity contribution in [3.05, 3.63) is 42.4 Å². The van der Waals surface area contributed by atoms with Gasteiger partial charge in [0, 0.05) is 17.4 Å². The molecule has 1 aromatic carbocycles. The molecule has 0 atom stereocenters. The van der Waals surface area contributed by atoms with Gasteiger partial charge in [0.25, 0.3) is 11.6 Å². The lowest BCUT2D eigenvalue weighted by Gasteiger charge is -2.04. The largest absolute Gasteiger partial charge is 0.475 e. The Hall–Kier alpha value is -2.96. The average molecular weight is 255 g/mol. The van der Waals surface area contributed by atoms with Gasteiger partial charge in [-0.25, -0.2) is 9.78 Å². The van der Waals surface area contributed by atoms with Gasteiger partial charge < -0.3 is 10.8 Å². The Morgan fingerprint density at radius 3 is 2.89 bits per heavy atom. The van der Waals surface area contributed by atoms with Gasteiger partial charge in [-0.2, -0.15) is 9.50 Å². The van der Waals surface area contributed by atoms with Crippen LogP contribution in [0.4, 0.5) is 5.69 Å². The van der Waals surface area contributed by atoms with Crippen LogP contribution in [-0.2, 0) is 0 Å². The highest BCUT2D eigenvalue weighted by molar-refractivity contribution is 5.83. The molecule has 0 saturated carbocycles. The number of anilines is 1. The smallest absolute Gasteiger partial charge is 0.375 e. The predicted octanol–water partition coefficient (Wildman–Crippen LogP) is 1.07. The van der Waals surface area contributed by atoms with Gasteiger partial charge in [-0.3, -0.25) is 0 Å². The number of nitrogens with zero attached hydrogens (tertiary/aromatic N) is 4. The number of aromatic nitrogens is 4. The molecule has 0 bridgehead atoms. The van der Waals surface area contributed by atoms with E-state index < -0.39 is 5.97 Å². The van der Waals surface area contributed by atoms with E-state index in [-0.39, 0.29) is 11.6 Å². The summed E-state index contributed by atoms with van der Waals surface area (Å²) in [6, 6.07) is 8.93. The number of nitrogens with two attached hydrogens (primary N) is 1. The summed E-state index contributed by atoms with van der Waals surface area (Å²) >= 11 is 0. The highest BCUT2D eigenvalue weighted by Crippen LogP contribution is 2.21. The second kappa shape index (κ2) is 4.05. The molecule has 19 heavy (non-hydrogen) atoms. The van der Waals surface area contributed by atoms with E-state index in [9.17, 15) is 4.79 Å². The number of carbonyl (C=O) groups is 1. The van der Waals surface area contributed by atoms with Crippen LogP contribution in [0.3, 0.4) is 0 Å². The third-order valence-electron chi connectivity index (χ3n) is 2.61. The molecule has 0 spiro atoms. The zero-order valence-corrected chi connectivity index (χ0v) is 9.69. The van der Waals surface area contributed by atoms with Crippen molar-refractivity contribution in [3.8, 4) is 11.3 Å². The normalized spacial score (nSPS) is 10.7.